The zero-order chi connectivity index (χ0) is 40.0. The number of nitriles is 1. The predicted octanol–water partition coefficient (Wildman–Crippen LogP) is 8.07. The fourth-order valence-corrected chi connectivity index (χ4v) is 9.05. The van der Waals surface area contributed by atoms with Gasteiger partial charge in [0.2, 0.25) is 0 Å². The number of alkyl halides is 1. The van der Waals surface area contributed by atoms with Crippen LogP contribution in [-0.4, -0.2) is 92.5 Å². The molecule has 3 aromatic carbocycles. The molecule has 3 aliphatic heterocycles. The van der Waals surface area contributed by atoms with Gasteiger partial charge in [0.1, 0.15) is 35.4 Å². The highest BCUT2D eigenvalue weighted by atomic mass is 31.2. The van der Waals surface area contributed by atoms with Crippen LogP contribution in [0.2, 0.25) is 0 Å². The second-order valence-electron chi connectivity index (χ2n) is 14.0. The van der Waals surface area contributed by atoms with Crippen molar-refractivity contribution in [1.82, 2.24) is 4.67 Å². The Labute approximate surface area is 328 Å². The van der Waals surface area contributed by atoms with Crippen molar-refractivity contribution in [2.45, 2.75) is 83.2 Å². The number of hydrogen-bond donors (Lipinski definition) is 0. The van der Waals surface area contributed by atoms with E-state index in [1.54, 1.807) is 20.3 Å². The molecule has 0 radical (unpaired) electrons. The summed E-state index contributed by atoms with van der Waals surface area (Å²) >= 11 is 0. The van der Waals surface area contributed by atoms with Crippen molar-refractivity contribution in [3.63, 3.8) is 0 Å². The zero-order valence-electron chi connectivity index (χ0n) is 32.6. The van der Waals surface area contributed by atoms with E-state index in [1.165, 1.54) is 6.21 Å². The Morgan fingerprint density at radius 3 is 2.29 bits per heavy atom. The van der Waals surface area contributed by atoms with Gasteiger partial charge < -0.3 is 28.0 Å². The maximum absolute atomic E-state index is 17.4. The van der Waals surface area contributed by atoms with E-state index in [1.807, 2.05) is 112 Å². The number of aliphatic imine (C=N–C) groups is 3. The van der Waals surface area contributed by atoms with Crippen LogP contribution in [0.1, 0.15) is 56.4 Å². The van der Waals surface area contributed by atoms with Crippen LogP contribution in [-0.2, 0) is 24.1 Å². The van der Waals surface area contributed by atoms with Crippen molar-refractivity contribution < 1.29 is 37.2 Å². The van der Waals surface area contributed by atoms with E-state index >= 15 is 4.39 Å². The SMILES string of the molecule is COc1ccc(C(OC[C@H]2OC(C3=NC(=O)N=C4N=CC=C43)[C@H](F)[C@H]2OP(OCCC#N)N(C(C)C)C(C)C)(c2ccccc2)c2ccc(OC)cc2C)cc1. The number of amides is 2. The number of carbonyl (C=O) groups is 1. The number of amidine groups is 1. The van der Waals surface area contributed by atoms with Gasteiger partial charge in [-0.2, -0.15) is 15.2 Å². The average Bonchev–Trinajstić information content (AvgIpc) is 3.79. The number of urea groups is 1. The molecule has 0 aromatic heterocycles. The number of fused-ring (bicyclic) bond motifs is 1. The van der Waals surface area contributed by atoms with Gasteiger partial charge in [-0.25, -0.2) is 18.8 Å². The summed E-state index contributed by atoms with van der Waals surface area (Å²) in [5.41, 5.74) is 2.54. The lowest BCUT2D eigenvalue weighted by atomic mass is 9.78. The molecule has 1 saturated heterocycles. The highest BCUT2D eigenvalue weighted by molar-refractivity contribution is 7.44. The number of ether oxygens (including phenoxy) is 4. The van der Waals surface area contributed by atoms with E-state index in [4.69, 9.17) is 28.0 Å². The molecule has 3 heterocycles. The normalized spacial score (nSPS) is 22.0. The van der Waals surface area contributed by atoms with Gasteiger partial charge in [-0.3, -0.25) is 0 Å². The minimum atomic E-state index is -1.91. The van der Waals surface area contributed by atoms with E-state index in [9.17, 15) is 10.1 Å². The monoisotopic (exact) mass is 783 g/mol. The standard InChI is InChI=1S/C42H47FN5O7P/c1-26(2)48(27(3)4)56(53-23-11-21-44)55-38-35(54-39(36(38)43)37-33-20-22-45-40(33)47-41(49)46-37)25-52-42(29-12-9-8-10-13-29,30-14-16-31(50-6)17-15-30)34-19-18-32(51-7)24-28(34)5/h8-10,12-20,22,24,26-27,35-36,38-39H,11,23,25H2,1-7H3/t35-,36-,38+,39?,42?,56?/m1/s1. The first-order chi connectivity index (χ1) is 27.0. The summed E-state index contributed by atoms with van der Waals surface area (Å²) in [7, 11) is 1.31. The van der Waals surface area contributed by atoms with Crippen LogP contribution in [0.25, 0.3) is 0 Å². The maximum atomic E-state index is 17.4. The maximum Gasteiger partial charge on any atom is 0.369 e. The van der Waals surface area contributed by atoms with Crippen LogP contribution in [0.3, 0.4) is 0 Å². The Balaban J connectivity index is 1.46. The molecule has 0 bridgehead atoms. The quantitative estimate of drug-likeness (QED) is 0.0756. The van der Waals surface area contributed by atoms with E-state index in [0.717, 1.165) is 22.3 Å². The molecule has 0 spiro atoms. The van der Waals surface area contributed by atoms with E-state index in [0.29, 0.717) is 17.1 Å². The first-order valence-corrected chi connectivity index (χ1v) is 19.6. The van der Waals surface area contributed by atoms with E-state index in [2.05, 4.69) is 21.0 Å². The average molecular weight is 784 g/mol. The topological polar surface area (TPSA) is 137 Å². The van der Waals surface area contributed by atoms with Gasteiger partial charge in [0.15, 0.2) is 12.0 Å². The Morgan fingerprint density at radius 1 is 0.964 bits per heavy atom. The summed E-state index contributed by atoms with van der Waals surface area (Å²) in [5.74, 6) is 1.50. The largest absolute Gasteiger partial charge is 0.497 e. The van der Waals surface area contributed by atoms with Gasteiger partial charge in [0, 0.05) is 23.9 Å². The molecule has 0 aliphatic carbocycles. The number of nitrogens with zero attached hydrogens (tertiary/aromatic N) is 5. The number of benzene rings is 3. The van der Waals surface area contributed by atoms with Crippen molar-refractivity contribution in [1.29, 1.82) is 5.26 Å². The molecule has 6 atom stereocenters. The molecule has 0 N–H and O–H groups in total. The van der Waals surface area contributed by atoms with Gasteiger partial charge in [-0.15, -0.1) is 0 Å². The fraction of sp³-hybridized carbons (Fsp3) is 0.405. The summed E-state index contributed by atoms with van der Waals surface area (Å²) in [4.78, 5) is 24.9. The van der Waals surface area contributed by atoms with Gasteiger partial charge in [0.05, 0.1) is 45.6 Å². The van der Waals surface area contributed by atoms with Crippen LogP contribution >= 0.6 is 8.53 Å². The number of carbonyl (C=O) groups excluding carboxylic acids is 1. The van der Waals surface area contributed by atoms with Crippen molar-refractivity contribution in [3.8, 4) is 17.6 Å². The third kappa shape index (κ3) is 8.37. The van der Waals surface area contributed by atoms with Crippen molar-refractivity contribution in [3.05, 3.63) is 107 Å². The number of halogens is 1. The number of rotatable bonds is 17. The molecule has 294 valence electrons. The first kappa shape index (κ1) is 41.0. The first-order valence-electron chi connectivity index (χ1n) is 18.5. The molecule has 0 saturated carbocycles. The van der Waals surface area contributed by atoms with Gasteiger partial charge >= 0.3 is 6.03 Å². The fourth-order valence-electron chi connectivity index (χ4n) is 7.29. The number of hydrogen-bond acceptors (Lipinski definition) is 10. The van der Waals surface area contributed by atoms with Crippen molar-refractivity contribution in [2.24, 2.45) is 15.0 Å². The predicted molar refractivity (Wildman–Crippen MR) is 213 cm³/mol. The summed E-state index contributed by atoms with van der Waals surface area (Å²) < 4.78 is 57.3. The van der Waals surface area contributed by atoms with E-state index < -0.39 is 44.6 Å². The van der Waals surface area contributed by atoms with Crippen LogP contribution in [0.15, 0.2) is 99.4 Å². The van der Waals surface area contributed by atoms with E-state index in [-0.39, 0.29) is 43.3 Å². The minimum Gasteiger partial charge on any atom is -0.497 e. The molecule has 2 amide bonds. The molecule has 3 aliphatic rings. The molecule has 56 heavy (non-hydrogen) atoms. The van der Waals surface area contributed by atoms with Crippen LogP contribution in [0.5, 0.6) is 11.5 Å². The zero-order valence-corrected chi connectivity index (χ0v) is 33.5. The summed E-state index contributed by atoms with van der Waals surface area (Å²) in [6.45, 7) is 9.92. The van der Waals surface area contributed by atoms with Gasteiger partial charge in [-0.1, -0.05) is 48.5 Å². The molecule has 12 nitrogen and oxygen atoms in total. The molecular weight excluding hydrogens is 736 g/mol. The highest BCUT2D eigenvalue weighted by Crippen LogP contribution is 2.51. The lowest BCUT2D eigenvalue weighted by Gasteiger charge is -2.39. The lowest BCUT2D eigenvalue weighted by molar-refractivity contribution is -0.0731. The second kappa shape index (κ2) is 18.1. The Kier molecular flexibility index (Phi) is 13.2. The third-order valence-corrected chi connectivity index (χ3v) is 11.9. The smallest absolute Gasteiger partial charge is 0.369 e. The van der Waals surface area contributed by atoms with Crippen molar-refractivity contribution >= 4 is 32.3 Å². The Morgan fingerprint density at radius 2 is 1.64 bits per heavy atom. The van der Waals surface area contributed by atoms with Gasteiger partial charge in [0.25, 0.3) is 8.53 Å². The summed E-state index contributed by atoms with van der Waals surface area (Å²) in [5, 5.41) is 9.33. The molecular formula is C42H47FN5O7P. The number of allylic oxidation sites excluding steroid dienone is 1. The van der Waals surface area contributed by atoms with Crippen molar-refractivity contribution in [2.75, 3.05) is 27.4 Å². The van der Waals surface area contributed by atoms with Crippen LogP contribution in [0, 0.1) is 18.3 Å². The summed E-state index contributed by atoms with van der Waals surface area (Å²) in [6, 6.07) is 24.4. The Hall–Kier alpha value is -4.67. The second-order valence-corrected chi connectivity index (χ2v) is 15.4. The van der Waals surface area contributed by atoms with Gasteiger partial charge in [-0.05, 0) is 87.2 Å². The number of methoxy groups -OCH3 is 2. The molecule has 3 aromatic rings. The lowest BCUT2D eigenvalue weighted by Crippen LogP contribution is -2.42. The minimum absolute atomic E-state index is 0.0483. The molecule has 3 unspecified atom stereocenters. The molecule has 1 fully saturated rings. The van der Waals surface area contributed by atoms with Crippen LogP contribution < -0.4 is 9.47 Å². The third-order valence-electron chi connectivity index (χ3n) is 9.76. The van der Waals surface area contributed by atoms with Crippen LogP contribution in [0.4, 0.5) is 9.18 Å². The number of aryl methyl sites for hydroxylation is 1. The highest BCUT2D eigenvalue weighted by Gasteiger charge is 2.53. The Bertz CT molecular complexity index is 2030. The molecule has 6 rings (SSSR count). The summed E-state index contributed by atoms with van der Waals surface area (Å²) in [6.07, 6.45) is -2.19. The molecule has 14 heteroatoms.